The molecule has 1 N–H and O–H groups in total. The monoisotopic (exact) mass is 439 g/mol. The molecule has 0 heterocycles. The molecule has 9 heteroatoms. The number of benzene rings is 2. The fourth-order valence-electron chi connectivity index (χ4n) is 2.93. The molecule has 7 nitrogen and oxygen atoms in total. The SMILES string of the molecule is CCCN(CCC)c1ccccc1NS(=O)(=O)c1ccc(S(=O)(=O)N(C)C)cc1. The van der Waals surface area contributed by atoms with Crippen LogP contribution in [0.2, 0.25) is 0 Å². The Morgan fingerprint density at radius 3 is 1.83 bits per heavy atom. The number of hydrogen-bond donors (Lipinski definition) is 1. The fourth-order valence-corrected chi connectivity index (χ4v) is 4.91. The molecule has 0 amide bonds. The van der Waals surface area contributed by atoms with Gasteiger partial charge in [0.25, 0.3) is 10.0 Å². The van der Waals surface area contributed by atoms with Gasteiger partial charge in [0.15, 0.2) is 0 Å². The Labute approximate surface area is 174 Å². The molecule has 0 saturated heterocycles. The highest BCUT2D eigenvalue weighted by atomic mass is 32.2. The third kappa shape index (κ3) is 5.49. The van der Waals surface area contributed by atoms with Crippen molar-refractivity contribution in [2.75, 3.05) is 36.8 Å². The molecular weight excluding hydrogens is 410 g/mol. The molecule has 2 aromatic carbocycles. The second-order valence-electron chi connectivity index (χ2n) is 6.87. The highest BCUT2D eigenvalue weighted by molar-refractivity contribution is 7.92. The molecule has 0 unspecified atom stereocenters. The number of nitrogens with zero attached hydrogens (tertiary/aromatic N) is 2. The van der Waals surface area contributed by atoms with E-state index in [1.807, 2.05) is 12.1 Å². The molecule has 0 fully saturated rings. The molecular formula is C20H29N3O4S2. The Bertz CT molecular complexity index is 1010. The van der Waals surface area contributed by atoms with E-state index in [2.05, 4.69) is 23.5 Å². The van der Waals surface area contributed by atoms with Gasteiger partial charge >= 0.3 is 0 Å². The van der Waals surface area contributed by atoms with E-state index in [9.17, 15) is 16.8 Å². The van der Waals surface area contributed by atoms with Crippen molar-refractivity contribution in [2.24, 2.45) is 0 Å². The van der Waals surface area contributed by atoms with Gasteiger partial charge in [-0.25, -0.2) is 21.1 Å². The predicted molar refractivity (Wildman–Crippen MR) is 117 cm³/mol. The van der Waals surface area contributed by atoms with Gasteiger partial charge in [-0.3, -0.25) is 4.72 Å². The van der Waals surface area contributed by atoms with Gasteiger partial charge in [-0.2, -0.15) is 0 Å². The Kier molecular flexibility index (Phi) is 7.67. The van der Waals surface area contributed by atoms with Crippen LogP contribution in [0, 0.1) is 0 Å². The summed E-state index contributed by atoms with van der Waals surface area (Å²) < 4.78 is 53.9. The fraction of sp³-hybridized carbons (Fsp3) is 0.400. The third-order valence-electron chi connectivity index (χ3n) is 4.39. The van der Waals surface area contributed by atoms with Crippen LogP contribution in [0.5, 0.6) is 0 Å². The summed E-state index contributed by atoms with van der Waals surface area (Å²) in [7, 11) is -4.63. The Balaban J connectivity index is 2.35. The average molecular weight is 440 g/mol. The summed E-state index contributed by atoms with van der Waals surface area (Å²) in [5, 5.41) is 0. The Hall–Kier alpha value is -2.10. The van der Waals surface area contributed by atoms with E-state index < -0.39 is 20.0 Å². The highest BCUT2D eigenvalue weighted by Gasteiger charge is 2.21. The molecule has 0 aliphatic heterocycles. The lowest BCUT2D eigenvalue weighted by molar-refractivity contribution is 0.520. The summed E-state index contributed by atoms with van der Waals surface area (Å²) in [5.74, 6) is 0. The first kappa shape index (κ1) is 23.2. The van der Waals surface area contributed by atoms with E-state index in [1.54, 1.807) is 12.1 Å². The lowest BCUT2D eigenvalue weighted by Crippen LogP contribution is -2.26. The zero-order valence-corrected chi connectivity index (χ0v) is 18.9. The molecule has 2 aromatic rings. The molecule has 0 aromatic heterocycles. The summed E-state index contributed by atoms with van der Waals surface area (Å²) in [4.78, 5) is 2.20. The number of anilines is 2. The normalized spacial score (nSPS) is 12.2. The van der Waals surface area contributed by atoms with Crippen molar-refractivity contribution in [1.29, 1.82) is 0 Å². The van der Waals surface area contributed by atoms with Crippen LogP contribution in [0.1, 0.15) is 26.7 Å². The van der Waals surface area contributed by atoms with Gasteiger partial charge in [0.05, 0.1) is 21.2 Å². The quantitative estimate of drug-likeness (QED) is 0.613. The summed E-state index contributed by atoms with van der Waals surface area (Å²) in [5.41, 5.74) is 1.32. The Morgan fingerprint density at radius 2 is 1.31 bits per heavy atom. The third-order valence-corrected chi connectivity index (χ3v) is 7.60. The van der Waals surface area contributed by atoms with Crippen molar-refractivity contribution in [3.63, 3.8) is 0 Å². The van der Waals surface area contributed by atoms with Crippen LogP contribution in [0.15, 0.2) is 58.3 Å². The largest absolute Gasteiger partial charge is 0.370 e. The minimum atomic E-state index is -3.87. The van der Waals surface area contributed by atoms with Gasteiger partial charge < -0.3 is 4.90 Å². The van der Waals surface area contributed by atoms with Gasteiger partial charge in [-0.15, -0.1) is 0 Å². The maximum absolute atomic E-state index is 12.9. The van der Waals surface area contributed by atoms with E-state index in [0.29, 0.717) is 5.69 Å². The molecule has 160 valence electrons. The van der Waals surface area contributed by atoms with Gasteiger partial charge in [0.1, 0.15) is 0 Å². The minimum Gasteiger partial charge on any atom is -0.370 e. The maximum Gasteiger partial charge on any atom is 0.261 e. The molecule has 0 aliphatic rings. The van der Waals surface area contributed by atoms with Gasteiger partial charge in [0.2, 0.25) is 10.0 Å². The van der Waals surface area contributed by atoms with Crippen LogP contribution in [0.3, 0.4) is 0 Å². The van der Waals surface area contributed by atoms with Crippen LogP contribution in [0.25, 0.3) is 0 Å². The summed E-state index contributed by atoms with van der Waals surface area (Å²) in [6, 6.07) is 12.5. The zero-order chi connectivity index (χ0) is 21.7. The second kappa shape index (κ2) is 9.60. The number of sulfonamides is 2. The highest BCUT2D eigenvalue weighted by Crippen LogP contribution is 2.29. The summed E-state index contributed by atoms with van der Waals surface area (Å²) >= 11 is 0. The van der Waals surface area contributed by atoms with Crippen molar-refractivity contribution in [2.45, 2.75) is 36.5 Å². The molecule has 0 radical (unpaired) electrons. The van der Waals surface area contributed by atoms with Crippen LogP contribution < -0.4 is 9.62 Å². The standard InChI is InChI=1S/C20H29N3O4S2/c1-5-15-23(16-6-2)20-10-8-7-9-19(20)21-28(24,25)17-11-13-18(14-12-17)29(26,27)22(3)4/h7-14,21H,5-6,15-16H2,1-4H3. The van der Waals surface area contributed by atoms with Gasteiger partial charge in [0, 0.05) is 27.2 Å². The second-order valence-corrected chi connectivity index (χ2v) is 10.7. The summed E-state index contributed by atoms with van der Waals surface area (Å²) in [6.45, 7) is 5.81. The van der Waals surface area contributed by atoms with E-state index in [0.717, 1.165) is 35.9 Å². The van der Waals surface area contributed by atoms with Gasteiger partial charge in [-0.1, -0.05) is 26.0 Å². The number of para-hydroxylation sites is 2. The van der Waals surface area contributed by atoms with Crippen LogP contribution in [-0.2, 0) is 20.0 Å². The molecule has 2 rings (SSSR count). The molecule has 0 aliphatic carbocycles. The molecule has 0 atom stereocenters. The maximum atomic E-state index is 12.9. The van der Waals surface area contributed by atoms with Crippen LogP contribution >= 0.6 is 0 Å². The first-order valence-electron chi connectivity index (χ1n) is 9.53. The van der Waals surface area contributed by atoms with Crippen molar-refractivity contribution in [3.05, 3.63) is 48.5 Å². The van der Waals surface area contributed by atoms with Gasteiger partial charge in [-0.05, 0) is 49.2 Å². The summed E-state index contributed by atoms with van der Waals surface area (Å²) in [6.07, 6.45) is 1.89. The Morgan fingerprint density at radius 1 is 0.793 bits per heavy atom. The number of rotatable bonds is 10. The first-order chi connectivity index (χ1) is 13.6. The van der Waals surface area contributed by atoms with E-state index in [1.165, 1.54) is 38.4 Å². The van der Waals surface area contributed by atoms with E-state index in [4.69, 9.17) is 0 Å². The van der Waals surface area contributed by atoms with E-state index in [-0.39, 0.29) is 9.79 Å². The first-order valence-corrected chi connectivity index (χ1v) is 12.4. The lowest BCUT2D eigenvalue weighted by atomic mass is 10.2. The molecule has 0 bridgehead atoms. The van der Waals surface area contributed by atoms with Crippen molar-refractivity contribution < 1.29 is 16.8 Å². The molecule has 0 spiro atoms. The van der Waals surface area contributed by atoms with E-state index >= 15 is 0 Å². The predicted octanol–water partition coefficient (Wildman–Crippen LogP) is 3.36. The minimum absolute atomic E-state index is 0.00235. The molecule has 0 saturated carbocycles. The number of hydrogen-bond acceptors (Lipinski definition) is 5. The zero-order valence-electron chi connectivity index (χ0n) is 17.3. The van der Waals surface area contributed by atoms with Crippen molar-refractivity contribution in [3.8, 4) is 0 Å². The smallest absolute Gasteiger partial charge is 0.261 e. The lowest BCUT2D eigenvalue weighted by Gasteiger charge is -2.26. The average Bonchev–Trinajstić information content (AvgIpc) is 2.68. The topological polar surface area (TPSA) is 86.8 Å². The van der Waals surface area contributed by atoms with Crippen molar-refractivity contribution in [1.82, 2.24) is 4.31 Å². The number of nitrogens with one attached hydrogen (secondary N) is 1. The van der Waals surface area contributed by atoms with Crippen molar-refractivity contribution >= 4 is 31.4 Å². The molecule has 29 heavy (non-hydrogen) atoms. The van der Waals surface area contributed by atoms with Crippen LogP contribution in [-0.4, -0.2) is 48.3 Å². The van der Waals surface area contributed by atoms with Crippen LogP contribution in [0.4, 0.5) is 11.4 Å².